The molecule has 0 aromatic heterocycles. The van der Waals surface area contributed by atoms with Gasteiger partial charge < -0.3 is 10.6 Å². The van der Waals surface area contributed by atoms with Crippen LogP contribution in [0.25, 0.3) is 0 Å². The summed E-state index contributed by atoms with van der Waals surface area (Å²) in [6.45, 7) is 1.28. The third-order valence-electron chi connectivity index (χ3n) is 5.43. The number of amides is 4. The number of fused-ring (bicyclic) bond motifs is 1. The molecule has 3 aliphatic rings. The van der Waals surface area contributed by atoms with E-state index in [2.05, 4.69) is 16.0 Å². The van der Waals surface area contributed by atoms with Gasteiger partial charge in [-0.05, 0) is 24.5 Å². The van der Waals surface area contributed by atoms with E-state index in [4.69, 9.17) is 0 Å². The van der Waals surface area contributed by atoms with E-state index in [-0.39, 0.29) is 30.0 Å². The molecule has 3 atom stereocenters. The minimum Gasteiger partial charge on any atom is -0.312 e. The summed E-state index contributed by atoms with van der Waals surface area (Å²) in [5.74, 6) is -2.10. The molecule has 3 heterocycles. The minimum absolute atomic E-state index is 0.0712. The van der Waals surface area contributed by atoms with Gasteiger partial charge >= 0.3 is 0 Å². The van der Waals surface area contributed by atoms with Crippen molar-refractivity contribution in [2.24, 2.45) is 0 Å². The molecule has 1 unspecified atom stereocenters. The number of imide groups is 2. The largest absolute Gasteiger partial charge is 0.312 e. The van der Waals surface area contributed by atoms with Gasteiger partial charge in [0.15, 0.2) is 0 Å². The average Bonchev–Trinajstić information content (AvgIpc) is 2.92. The molecule has 9 heteroatoms. The van der Waals surface area contributed by atoms with Gasteiger partial charge in [0.05, 0.1) is 11.1 Å². The van der Waals surface area contributed by atoms with Crippen LogP contribution in [0.2, 0.25) is 0 Å². The number of nitrogens with zero attached hydrogens (tertiary/aromatic N) is 1. The van der Waals surface area contributed by atoms with Crippen molar-refractivity contribution in [3.8, 4) is 0 Å². The van der Waals surface area contributed by atoms with E-state index < -0.39 is 35.8 Å². The summed E-state index contributed by atoms with van der Waals surface area (Å²) in [6, 6.07) is 3.93. The van der Waals surface area contributed by atoms with Crippen LogP contribution in [0.15, 0.2) is 18.2 Å². The molecule has 3 aliphatic heterocycles. The molecular formula is C19H21FN4O4. The predicted octanol–water partition coefficient (Wildman–Crippen LogP) is -0.123. The normalized spacial score (nSPS) is 27.8. The first-order chi connectivity index (χ1) is 13.5. The third-order valence-corrected chi connectivity index (χ3v) is 5.43. The summed E-state index contributed by atoms with van der Waals surface area (Å²) >= 11 is 0. The van der Waals surface area contributed by atoms with Gasteiger partial charge in [0.2, 0.25) is 11.8 Å². The van der Waals surface area contributed by atoms with Gasteiger partial charge in [-0.2, -0.15) is 0 Å². The smallest absolute Gasteiger partial charge is 0.262 e. The van der Waals surface area contributed by atoms with Gasteiger partial charge in [-0.3, -0.25) is 29.4 Å². The molecular weight excluding hydrogens is 367 g/mol. The second kappa shape index (κ2) is 7.40. The Morgan fingerprint density at radius 3 is 2.71 bits per heavy atom. The molecule has 2 saturated heterocycles. The molecule has 0 radical (unpaired) electrons. The molecule has 0 saturated carbocycles. The van der Waals surface area contributed by atoms with Crippen molar-refractivity contribution in [1.82, 2.24) is 20.9 Å². The first kappa shape index (κ1) is 18.7. The lowest BCUT2D eigenvalue weighted by Gasteiger charge is -2.28. The molecule has 1 aromatic rings. The number of benzene rings is 1. The number of hydrogen-bond donors (Lipinski definition) is 3. The van der Waals surface area contributed by atoms with E-state index in [9.17, 15) is 23.6 Å². The maximum atomic E-state index is 13.5. The van der Waals surface area contributed by atoms with Gasteiger partial charge in [0, 0.05) is 32.1 Å². The lowest BCUT2D eigenvalue weighted by Crippen LogP contribution is -2.54. The Hall–Kier alpha value is -2.65. The number of rotatable bonds is 4. The summed E-state index contributed by atoms with van der Waals surface area (Å²) in [6.07, 6.45) is -0.330. The Morgan fingerprint density at radius 1 is 1.14 bits per heavy atom. The van der Waals surface area contributed by atoms with Crippen LogP contribution in [-0.4, -0.2) is 59.9 Å². The monoisotopic (exact) mass is 388 g/mol. The van der Waals surface area contributed by atoms with Crippen molar-refractivity contribution >= 4 is 23.6 Å². The van der Waals surface area contributed by atoms with E-state index in [1.807, 2.05) is 0 Å². The Bertz CT molecular complexity index is 858. The van der Waals surface area contributed by atoms with Crippen LogP contribution in [-0.2, 0) is 16.1 Å². The number of halogens is 1. The number of carbonyl (C=O) groups excluding carboxylic acids is 4. The summed E-state index contributed by atoms with van der Waals surface area (Å²) in [7, 11) is 0. The molecule has 0 spiro atoms. The molecule has 4 amide bonds. The number of carbonyl (C=O) groups is 4. The van der Waals surface area contributed by atoms with E-state index in [1.165, 1.54) is 0 Å². The highest BCUT2D eigenvalue weighted by Crippen LogP contribution is 2.30. The molecule has 3 N–H and O–H groups in total. The Labute approximate surface area is 160 Å². The van der Waals surface area contributed by atoms with Crippen molar-refractivity contribution in [1.29, 1.82) is 0 Å². The number of alkyl halides is 1. The Morgan fingerprint density at radius 2 is 1.96 bits per heavy atom. The lowest BCUT2D eigenvalue weighted by molar-refractivity contribution is -0.136. The highest BCUT2D eigenvalue weighted by atomic mass is 19.1. The van der Waals surface area contributed by atoms with Crippen LogP contribution >= 0.6 is 0 Å². The first-order valence-electron chi connectivity index (χ1n) is 9.37. The second-order valence-corrected chi connectivity index (χ2v) is 7.36. The number of hydrogen-bond acceptors (Lipinski definition) is 6. The molecule has 2 fully saturated rings. The summed E-state index contributed by atoms with van der Waals surface area (Å²) in [4.78, 5) is 50.3. The molecule has 1 aromatic carbocycles. The van der Waals surface area contributed by atoms with Gasteiger partial charge in [0.1, 0.15) is 12.2 Å². The zero-order valence-electron chi connectivity index (χ0n) is 15.2. The van der Waals surface area contributed by atoms with Crippen molar-refractivity contribution in [3.63, 3.8) is 0 Å². The SMILES string of the molecule is O=C1CCC(N2C(=O)c3cccc(CN[C@@H]4CNC[C@@H](F)C4)c3C2=O)C(=O)N1. The molecule has 8 nitrogen and oxygen atoms in total. The zero-order chi connectivity index (χ0) is 19.8. The fourth-order valence-electron chi connectivity index (χ4n) is 4.03. The highest BCUT2D eigenvalue weighted by molar-refractivity contribution is 6.24. The highest BCUT2D eigenvalue weighted by Gasteiger charge is 2.45. The molecule has 148 valence electrons. The minimum atomic E-state index is -0.985. The van der Waals surface area contributed by atoms with Gasteiger partial charge in [-0.15, -0.1) is 0 Å². The van der Waals surface area contributed by atoms with Crippen LogP contribution in [0.5, 0.6) is 0 Å². The van der Waals surface area contributed by atoms with Crippen molar-refractivity contribution in [3.05, 3.63) is 34.9 Å². The maximum absolute atomic E-state index is 13.5. The van der Waals surface area contributed by atoms with Crippen LogP contribution in [0, 0.1) is 0 Å². The van der Waals surface area contributed by atoms with E-state index in [1.54, 1.807) is 18.2 Å². The Kier molecular flexibility index (Phi) is 4.94. The number of piperidine rings is 2. The summed E-state index contributed by atoms with van der Waals surface area (Å²) in [5, 5.41) is 8.42. The molecule has 4 rings (SSSR count). The standard InChI is InChI=1S/C19H21FN4O4/c20-11-6-12(9-21-8-11)22-7-10-2-1-3-13-16(10)19(28)24(18(13)27)14-4-5-15(25)23-17(14)26/h1-3,11-12,14,21-22H,4-9H2,(H,23,25,26)/t11-,12-,14?/m0/s1. The first-order valence-corrected chi connectivity index (χ1v) is 9.37. The predicted molar refractivity (Wildman–Crippen MR) is 96.1 cm³/mol. The molecule has 0 aliphatic carbocycles. The average molecular weight is 388 g/mol. The third kappa shape index (κ3) is 3.31. The summed E-state index contributed by atoms with van der Waals surface area (Å²) in [5.41, 5.74) is 1.15. The quantitative estimate of drug-likeness (QED) is 0.621. The van der Waals surface area contributed by atoms with E-state index >= 15 is 0 Å². The van der Waals surface area contributed by atoms with Gasteiger partial charge in [0.25, 0.3) is 11.8 Å². The molecule has 0 bridgehead atoms. The van der Waals surface area contributed by atoms with Crippen molar-refractivity contribution < 1.29 is 23.6 Å². The van der Waals surface area contributed by atoms with E-state index in [0.29, 0.717) is 31.6 Å². The van der Waals surface area contributed by atoms with Crippen molar-refractivity contribution in [2.75, 3.05) is 13.1 Å². The van der Waals surface area contributed by atoms with E-state index in [0.717, 1.165) is 4.90 Å². The second-order valence-electron chi connectivity index (χ2n) is 7.36. The summed E-state index contributed by atoms with van der Waals surface area (Å²) < 4.78 is 13.5. The molecule has 28 heavy (non-hydrogen) atoms. The van der Waals surface area contributed by atoms with Gasteiger partial charge in [-0.1, -0.05) is 12.1 Å². The van der Waals surface area contributed by atoms with Crippen LogP contribution in [0.4, 0.5) is 4.39 Å². The zero-order valence-corrected chi connectivity index (χ0v) is 15.2. The topological polar surface area (TPSA) is 108 Å². The van der Waals surface area contributed by atoms with Crippen LogP contribution < -0.4 is 16.0 Å². The maximum Gasteiger partial charge on any atom is 0.262 e. The van der Waals surface area contributed by atoms with Crippen molar-refractivity contribution in [2.45, 2.75) is 44.1 Å². The fourth-order valence-corrected chi connectivity index (χ4v) is 4.03. The lowest BCUT2D eigenvalue weighted by atomic mass is 10.0. The number of nitrogens with one attached hydrogen (secondary N) is 3. The van der Waals surface area contributed by atoms with Gasteiger partial charge in [-0.25, -0.2) is 4.39 Å². The van der Waals surface area contributed by atoms with Crippen LogP contribution in [0.1, 0.15) is 45.5 Å². The fraction of sp³-hybridized carbons (Fsp3) is 0.474. The Balaban J connectivity index is 1.54. The van der Waals surface area contributed by atoms with Crippen LogP contribution in [0.3, 0.4) is 0 Å².